The summed E-state index contributed by atoms with van der Waals surface area (Å²) in [5.41, 5.74) is 0. The van der Waals surface area contributed by atoms with Gasteiger partial charge in [0.1, 0.15) is 6.61 Å². The molecule has 0 aromatic heterocycles. The van der Waals surface area contributed by atoms with Gasteiger partial charge in [0.25, 0.3) is 0 Å². The van der Waals surface area contributed by atoms with Crippen molar-refractivity contribution in [2.45, 2.75) is 174 Å². The second-order valence-electron chi connectivity index (χ2n) is 11.2. The van der Waals surface area contributed by atoms with Crippen molar-refractivity contribution in [2.75, 3.05) is 13.2 Å². The minimum Gasteiger partial charge on any atom is -0.462 e. The van der Waals surface area contributed by atoms with Crippen LogP contribution in [0.3, 0.4) is 0 Å². The van der Waals surface area contributed by atoms with Crippen LogP contribution in [-0.4, -0.2) is 36.4 Å². The second kappa shape index (κ2) is 31.9. The minimum atomic E-state index is -0.773. The molecule has 0 aliphatic carbocycles. The molecular weight excluding hydrogens is 500 g/mol. The largest absolute Gasteiger partial charge is 0.462 e. The first kappa shape index (κ1) is 38.4. The van der Waals surface area contributed by atoms with E-state index in [0.717, 1.165) is 51.4 Å². The molecule has 0 unspecified atom stereocenters. The lowest BCUT2D eigenvalue weighted by Crippen LogP contribution is -2.28. The zero-order valence-corrected chi connectivity index (χ0v) is 26.4. The predicted molar refractivity (Wildman–Crippen MR) is 168 cm³/mol. The summed E-state index contributed by atoms with van der Waals surface area (Å²) in [6, 6.07) is 0. The van der Waals surface area contributed by atoms with Crippen molar-refractivity contribution in [3.8, 4) is 0 Å². The Kier molecular flexibility index (Phi) is 30.6. The Bertz CT molecular complexity index is 613. The van der Waals surface area contributed by atoms with Crippen LogP contribution in [-0.2, 0) is 19.1 Å². The molecule has 1 atom stereocenters. The van der Waals surface area contributed by atoms with Crippen LogP contribution in [0.5, 0.6) is 0 Å². The van der Waals surface area contributed by atoms with Crippen molar-refractivity contribution < 1.29 is 24.2 Å². The molecule has 0 fully saturated rings. The summed E-state index contributed by atoms with van der Waals surface area (Å²) < 4.78 is 10.5. The fourth-order valence-electron chi connectivity index (χ4n) is 4.60. The van der Waals surface area contributed by atoms with E-state index in [0.29, 0.717) is 12.8 Å². The van der Waals surface area contributed by atoms with Crippen LogP contribution in [0.2, 0.25) is 0 Å². The number of unbranched alkanes of at least 4 members (excludes halogenated alkanes) is 18. The summed E-state index contributed by atoms with van der Waals surface area (Å²) in [7, 11) is 0. The zero-order valence-electron chi connectivity index (χ0n) is 26.4. The van der Waals surface area contributed by atoms with E-state index >= 15 is 0 Å². The topological polar surface area (TPSA) is 72.8 Å². The number of hydrogen-bond acceptors (Lipinski definition) is 5. The van der Waals surface area contributed by atoms with Gasteiger partial charge in [-0.15, -0.1) is 0 Å². The lowest BCUT2D eigenvalue weighted by atomic mass is 10.1. The monoisotopic (exact) mass is 564 g/mol. The summed E-state index contributed by atoms with van der Waals surface area (Å²) in [6.07, 6.45) is 35.1. The summed E-state index contributed by atoms with van der Waals surface area (Å²) in [6.45, 7) is 4.08. The first-order valence-electron chi connectivity index (χ1n) is 16.9. The Labute approximate surface area is 247 Å². The molecule has 0 saturated heterocycles. The number of ether oxygens (including phenoxy) is 2. The molecule has 0 aromatic rings. The molecule has 0 rings (SSSR count). The molecular formula is C35H64O5. The number of esters is 2. The lowest BCUT2D eigenvalue weighted by molar-refractivity contribution is -0.161. The van der Waals surface area contributed by atoms with Crippen LogP contribution in [0, 0.1) is 0 Å². The maximum absolute atomic E-state index is 12.1. The Balaban J connectivity index is 3.61. The SMILES string of the molecule is CCCCCC/C=C\CCCCCCCC(=O)OC[C@@H](CO)OC(=O)CCCCCCC/C=C\CCCCCC. The van der Waals surface area contributed by atoms with E-state index in [1.807, 2.05) is 0 Å². The van der Waals surface area contributed by atoms with Gasteiger partial charge in [-0.3, -0.25) is 9.59 Å². The predicted octanol–water partition coefficient (Wildman–Crippen LogP) is 9.95. The quantitative estimate of drug-likeness (QED) is 0.0534. The van der Waals surface area contributed by atoms with Gasteiger partial charge < -0.3 is 14.6 Å². The van der Waals surface area contributed by atoms with Crippen LogP contribution in [0.15, 0.2) is 24.3 Å². The van der Waals surface area contributed by atoms with E-state index in [9.17, 15) is 14.7 Å². The third kappa shape index (κ3) is 29.4. The third-order valence-electron chi connectivity index (χ3n) is 7.22. The van der Waals surface area contributed by atoms with E-state index in [2.05, 4.69) is 38.2 Å². The number of carbonyl (C=O) groups excluding carboxylic acids is 2. The number of allylic oxidation sites excluding steroid dienone is 4. The third-order valence-corrected chi connectivity index (χ3v) is 7.22. The minimum absolute atomic E-state index is 0.0715. The Hall–Kier alpha value is -1.62. The van der Waals surface area contributed by atoms with Gasteiger partial charge in [-0.25, -0.2) is 0 Å². The van der Waals surface area contributed by atoms with Crippen molar-refractivity contribution in [1.82, 2.24) is 0 Å². The molecule has 234 valence electrons. The average Bonchev–Trinajstić information content (AvgIpc) is 2.96. The molecule has 0 aliphatic rings. The highest BCUT2D eigenvalue weighted by atomic mass is 16.6. The van der Waals surface area contributed by atoms with Gasteiger partial charge in [0.2, 0.25) is 0 Å². The molecule has 0 radical (unpaired) electrons. The van der Waals surface area contributed by atoms with Crippen molar-refractivity contribution in [3.05, 3.63) is 24.3 Å². The smallest absolute Gasteiger partial charge is 0.306 e. The van der Waals surface area contributed by atoms with Gasteiger partial charge in [0, 0.05) is 12.8 Å². The number of carbonyl (C=O) groups is 2. The highest BCUT2D eigenvalue weighted by molar-refractivity contribution is 5.70. The van der Waals surface area contributed by atoms with Crippen LogP contribution < -0.4 is 0 Å². The molecule has 1 N–H and O–H groups in total. The van der Waals surface area contributed by atoms with Gasteiger partial charge >= 0.3 is 11.9 Å². The van der Waals surface area contributed by atoms with E-state index < -0.39 is 6.10 Å². The average molecular weight is 565 g/mol. The molecule has 0 heterocycles. The highest BCUT2D eigenvalue weighted by Crippen LogP contribution is 2.12. The molecule has 0 amide bonds. The Morgan fingerprint density at radius 3 is 1.35 bits per heavy atom. The summed E-state index contributed by atoms with van der Waals surface area (Å²) in [5, 5.41) is 9.49. The van der Waals surface area contributed by atoms with Crippen molar-refractivity contribution in [1.29, 1.82) is 0 Å². The molecule has 5 heteroatoms. The first-order chi connectivity index (χ1) is 19.6. The fraction of sp³-hybridized carbons (Fsp3) is 0.829. The van der Waals surface area contributed by atoms with Gasteiger partial charge in [-0.05, 0) is 64.2 Å². The maximum Gasteiger partial charge on any atom is 0.306 e. The Morgan fingerprint density at radius 1 is 0.550 bits per heavy atom. The van der Waals surface area contributed by atoms with Crippen LogP contribution in [0.25, 0.3) is 0 Å². The number of aliphatic hydroxyl groups is 1. The second-order valence-corrected chi connectivity index (χ2v) is 11.2. The van der Waals surface area contributed by atoms with Crippen molar-refractivity contribution in [3.63, 3.8) is 0 Å². The van der Waals surface area contributed by atoms with E-state index in [4.69, 9.17) is 9.47 Å². The normalized spacial score (nSPS) is 12.4. The van der Waals surface area contributed by atoms with E-state index in [1.165, 1.54) is 89.9 Å². The van der Waals surface area contributed by atoms with Crippen LogP contribution in [0.1, 0.15) is 168 Å². The molecule has 40 heavy (non-hydrogen) atoms. The van der Waals surface area contributed by atoms with Gasteiger partial charge in [-0.2, -0.15) is 0 Å². The summed E-state index contributed by atoms with van der Waals surface area (Å²) >= 11 is 0. The Morgan fingerprint density at radius 2 is 0.925 bits per heavy atom. The van der Waals surface area contributed by atoms with Crippen LogP contribution >= 0.6 is 0 Å². The van der Waals surface area contributed by atoms with Gasteiger partial charge in [-0.1, -0.05) is 115 Å². The molecule has 0 aliphatic heterocycles. The zero-order chi connectivity index (χ0) is 29.4. The van der Waals surface area contributed by atoms with Crippen LogP contribution in [0.4, 0.5) is 0 Å². The van der Waals surface area contributed by atoms with Crippen molar-refractivity contribution in [2.24, 2.45) is 0 Å². The molecule has 0 aromatic carbocycles. The summed E-state index contributed by atoms with van der Waals surface area (Å²) in [5.74, 6) is -0.612. The number of rotatable bonds is 30. The van der Waals surface area contributed by atoms with E-state index in [1.54, 1.807) is 0 Å². The number of hydrogen-bond donors (Lipinski definition) is 1. The highest BCUT2D eigenvalue weighted by Gasteiger charge is 2.16. The fourth-order valence-corrected chi connectivity index (χ4v) is 4.60. The maximum atomic E-state index is 12.1. The van der Waals surface area contributed by atoms with Crippen molar-refractivity contribution >= 4 is 11.9 Å². The summed E-state index contributed by atoms with van der Waals surface area (Å²) in [4.78, 5) is 24.1. The van der Waals surface area contributed by atoms with Gasteiger partial charge in [0.15, 0.2) is 6.10 Å². The van der Waals surface area contributed by atoms with Gasteiger partial charge in [0.05, 0.1) is 6.61 Å². The lowest BCUT2D eigenvalue weighted by Gasteiger charge is -2.15. The molecule has 0 bridgehead atoms. The number of aliphatic hydroxyl groups excluding tert-OH is 1. The molecule has 0 saturated carbocycles. The first-order valence-corrected chi connectivity index (χ1v) is 16.9. The van der Waals surface area contributed by atoms with E-state index in [-0.39, 0.29) is 25.2 Å². The molecule has 0 spiro atoms. The molecule has 5 nitrogen and oxygen atoms in total. The standard InChI is InChI=1S/C35H64O5/c1-3-5-7-9-11-13-15-17-19-21-23-25-27-29-34(37)39-32-33(31-36)40-35(38)30-28-26-24-22-20-18-16-14-12-10-8-6-4-2/h13-16,33,36H,3-12,17-32H2,1-2H3/b15-13-,16-14-/t33-/m1/s1.